The summed E-state index contributed by atoms with van der Waals surface area (Å²) in [6.07, 6.45) is 5.42. The fraction of sp³-hybridized carbons (Fsp3) is 0.875. The first kappa shape index (κ1) is 15.5. The second kappa shape index (κ2) is 12.0. The van der Waals surface area contributed by atoms with Gasteiger partial charge in [0, 0.05) is 62.3 Å². The Kier molecular flexibility index (Phi) is 15.6. The van der Waals surface area contributed by atoms with E-state index in [-0.39, 0.29) is 57.8 Å². The van der Waals surface area contributed by atoms with Gasteiger partial charge in [-0.15, -0.1) is 0 Å². The van der Waals surface area contributed by atoms with Crippen molar-refractivity contribution in [2.24, 2.45) is 0 Å². The van der Waals surface area contributed by atoms with Crippen LogP contribution >= 0.6 is 0 Å². The van der Waals surface area contributed by atoms with E-state index in [9.17, 15) is 9.32 Å². The van der Waals surface area contributed by atoms with Gasteiger partial charge in [0.1, 0.15) is 0 Å². The molecule has 0 aliphatic rings. The molecule has 0 bridgehead atoms. The Bertz CT molecular complexity index is 109. The Morgan fingerprint density at radius 2 is 1.83 bits per heavy atom. The van der Waals surface area contributed by atoms with E-state index < -0.39 is 5.97 Å². The number of hydrogen-bond donors (Lipinski definition) is 0. The smallest absolute Gasteiger partial charge is 0.255 e. The van der Waals surface area contributed by atoms with Crippen molar-refractivity contribution >= 4 is 57.4 Å². The molecule has 0 fully saturated rings. The van der Waals surface area contributed by atoms with Gasteiger partial charge in [-0.2, -0.15) is 0 Å². The van der Waals surface area contributed by atoms with Crippen molar-refractivity contribution in [2.45, 2.75) is 45.4 Å². The first-order valence-corrected chi connectivity index (χ1v) is 4.12. The number of carbonyl (C=O) groups excluding carboxylic acids is 1. The normalized spacial score (nSPS) is 8.83. The molecule has 0 aromatic carbocycles. The van der Waals surface area contributed by atoms with Crippen molar-refractivity contribution in [3.05, 3.63) is 0 Å². The van der Waals surface area contributed by atoms with Gasteiger partial charge in [0.15, 0.2) is 0 Å². The van der Waals surface area contributed by atoms with Crippen molar-refractivity contribution in [3.63, 3.8) is 0 Å². The molecule has 0 heterocycles. The Balaban J connectivity index is 0. The molecule has 0 rings (SSSR count). The molecule has 12 heavy (non-hydrogen) atoms. The second-order valence-corrected chi connectivity index (χ2v) is 2.61. The van der Waals surface area contributed by atoms with E-state index in [0.717, 1.165) is 19.3 Å². The van der Waals surface area contributed by atoms with Gasteiger partial charge in [-0.3, -0.25) is 4.94 Å². The first-order valence-electron chi connectivity index (χ1n) is 4.12. The van der Waals surface area contributed by atoms with Gasteiger partial charge in [0.25, 0.3) is 0 Å². The van der Waals surface area contributed by atoms with E-state index in [1.165, 1.54) is 12.8 Å². The molecule has 0 aliphatic carbocycles. The molecule has 67 valence electrons. The van der Waals surface area contributed by atoms with Crippen molar-refractivity contribution in [1.82, 2.24) is 0 Å². The molecular formula is C8H15FKO2. The van der Waals surface area contributed by atoms with Gasteiger partial charge >= 0.3 is 5.97 Å². The molecule has 0 aromatic rings. The van der Waals surface area contributed by atoms with E-state index in [1.807, 2.05) is 0 Å². The van der Waals surface area contributed by atoms with Gasteiger partial charge in [0.05, 0.1) is 0 Å². The van der Waals surface area contributed by atoms with Crippen molar-refractivity contribution in [3.8, 4) is 0 Å². The van der Waals surface area contributed by atoms with Crippen LogP contribution in [-0.4, -0.2) is 57.4 Å². The topological polar surface area (TPSA) is 26.3 Å². The van der Waals surface area contributed by atoms with Crippen molar-refractivity contribution in [2.75, 3.05) is 0 Å². The number of carbonyl (C=O) groups is 1. The maximum atomic E-state index is 11.1. The standard InChI is InChI=1S/C8H15FO2.K/c1-2-3-4-5-6-7-8(10)11-9;/h2-7H2,1H3;. The van der Waals surface area contributed by atoms with Crippen LogP contribution in [0.5, 0.6) is 0 Å². The van der Waals surface area contributed by atoms with Crippen LogP contribution in [0, 0.1) is 0 Å². The number of hydrogen-bond acceptors (Lipinski definition) is 2. The van der Waals surface area contributed by atoms with Gasteiger partial charge in [-0.05, 0) is 6.42 Å². The van der Waals surface area contributed by atoms with Crippen LogP contribution in [0.3, 0.4) is 0 Å². The third kappa shape index (κ3) is 11.0. The monoisotopic (exact) mass is 201 g/mol. The van der Waals surface area contributed by atoms with E-state index in [1.54, 1.807) is 0 Å². The summed E-state index contributed by atoms with van der Waals surface area (Å²) in [4.78, 5) is 13.3. The van der Waals surface area contributed by atoms with E-state index in [4.69, 9.17) is 0 Å². The zero-order valence-corrected chi connectivity index (χ0v) is 11.1. The Hall–Kier alpha value is 1.04. The van der Waals surface area contributed by atoms with Crippen LogP contribution in [0.25, 0.3) is 0 Å². The molecule has 0 unspecified atom stereocenters. The molecule has 1 radical (unpaired) electrons. The summed E-state index contributed by atoms with van der Waals surface area (Å²) in [5, 5.41) is 0. The predicted octanol–water partition coefficient (Wildman–Crippen LogP) is 2.39. The first-order chi connectivity index (χ1) is 5.31. The molecule has 0 N–H and O–H groups in total. The van der Waals surface area contributed by atoms with Crippen molar-refractivity contribution < 1.29 is 14.3 Å². The van der Waals surface area contributed by atoms with Crippen LogP contribution in [0.15, 0.2) is 0 Å². The third-order valence-electron chi connectivity index (χ3n) is 1.57. The third-order valence-corrected chi connectivity index (χ3v) is 1.57. The molecule has 0 spiro atoms. The zero-order valence-electron chi connectivity index (χ0n) is 7.94. The molecular weight excluding hydrogens is 186 g/mol. The van der Waals surface area contributed by atoms with Crippen LogP contribution < -0.4 is 0 Å². The SMILES string of the molecule is CCCCCCCC(=O)OF.[K]. The minimum Gasteiger partial charge on any atom is -0.255 e. The summed E-state index contributed by atoms with van der Waals surface area (Å²) < 4.78 is 11.1. The van der Waals surface area contributed by atoms with Crippen LogP contribution in [-0.2, 0) is 9.74 Å². The van der Waals surface area contributed by atoms with Crippen molar-refractivity contribution in [1.29, 1.82) is 0 Å². The summed E-state index contributed by atoms with van der Waals surface area (Å²) in [6, 6.07) is 0. The molecule has 0 saturated heterocycles. The number of rotatable bonds is 6. The fourth-order valence-electron chi connectivity index (χ4n) is 0.911. The summed E-state index contributed by atoms with van der Waals surface area (Å²) in [6.45, 7) is 2.12. The molecule has 0 aliphatic heterocycles. The van der Waals surface area contributed by atoms with Gasteiger partial charge in [0.2, 0.25) is 0 Å². The van der Waals surface area contributed by atoms with Gasteiger partial charge in [-0.25, -0.2) is 4.79 Å². The van der Waals surface area contributed by atoms with Gasteiger partial charge in [-0.1, -0.05) is 32.6 Å². The predicted molar refractivity (Wildman–Crippen MR) is 46.3 cm³/mol. The second-order valence-electron chi connectivity index (χ2n) is 2.61. The van der Waals surface area contributed by atoms with Crippen LogP contribution in [0.4, 0.5) is 4.53 Å². The largest absolute Gasteiger partial charge is 0.348 e. The maximum absolute atomic E-state index is 11.1. The quantitative estimate of drug-likeness (QED) is 0.487. The van der Waals surface area contributed by atoms with E-state index in [2.05, 4.69) is 11.9 Å². The number of unbranched alkanes of at least 4 members (excludes halogenated alkanes) is 4. The van der Waals surface area contributed by atoms with E-state index >= 15 is 0 Å². The number of halogens is 1. The molecule has 0 amide bonds. The Morgan fingerprint density at radius 3 is 2.33 bits per heavy atom. The Morgan fingerprint density at radius 1 is 1.25 bits per heavy atom. The Labute approximate surface area is 116 Å². The van der Waals surface area contributed by atoms with Gasteiger partial charge < -0.3 is 0 Å². The average molecular weight is 201 g/mol. The molecule has 0 atom stereocenters. The molecule has 4 heteroatoms. The fourth-order valence-corrected chi connectivity index (χ4v) is 0.911. The van der Waals surface area contributed by atoms with Crippen LogP contribution in [0.2, 0.25) is 0 Å². The minimum atomic E-state index is -0.749. The minimum absolute atomic E-state index is 0. The molecule has 0 saturated carbocycles. The molecule has 2 nitrogen and oxygen atoms in total. The summed E-state index contributed by atoms with van der Waals surface area (Å²) in [7, 11) is 0. The van der Waals surface area contributed by atoms with Crippen LogP contribution in [0.1, 0.15) is 45.4 Å². The zero-order chi connectivity index (χ0) is 8.53. The summed E-state index contributed by atoms with van der Waals surface area (Å²) in [5.41, 5.74) is 0. The maximum Gasteiger partial charge on any atom is 0.348 e. The summed E-state index contributed by atoms with van der Waals surface area (Å²) >= 11 is 0. The molecule has 0 aromatic heterocycles. The summed E-state index contributed by atoms with van der Waals surface area (Å²) in [5.74, 6) is -0.749. The van der Waals surface area contributed by atoms with E-state index in [0.29, 0.717) is 0 Å². The average Bonchev–Trinajstić information content (AvgIpc) is 2.04.